The Morgan fingerprint density at radius 1 is 0.903 bits per heavy atom. The number of hydrogen-bond acceptors (Lipinski definition) is 4. The average molecular weight is 413 g/mol. The fourth-order valence-corrected chi connectivity index (χ4v) is 3.76. The third-order valence-electron chi connectivity index (χ3n) is 5.19. The van der Waals surface area contributed by atoms with E-state index in [1.165, 1.54) is 35.0 Å². The van der Waals surface area contributed by atoms with Gasteiger partial charge < -0.3 is 20.7 Å². The topological polar surface area (TPSA) is 62.4 Å². The highest BCUT2D eigenvalue weighted by atomic mass is 19.1. The van der Waals surface area contributed by atoms with E-state index in [0.29, 0.717) is 11.4 Å². The molecular weight excluding hydrogens is 393 g/mol. The zero-order chi connectivity index (χ0) is 21.2. The summed E-state index contributed by atoms with van der Waals surface area (Å²) in [4.78, 5) is 12.1. The number of anilines is 3. The molecule has 0 saturated carbocycles. The maximum atomic E-state index is 13.0. The summed E-state index contributed by atoms with van der Waals surface area (Å²) in [6.45, 7) is -0.144. The van der Waals surface area contributed by atoms with E-state index in [2.05, 4.69) is 40.2 Å². The molecule has 1 amide bonds. The molecule has 0 fully saturated rings. The normalized spacial score (nSPS) is 12.7. The van der Waals surface area contributed by atoms with Gasteiger partial charge in [-0.15, -0.1) is 0 Å². The Labute approximate surface area is 178 Å². The smallest absolute Gasteiger partial charge is 0.262 e. The predicted molar refractivity (Wildman–Crippen MR) is 121 cm³/mol. The van der Waals surface area contributed by atoms with Crippen LogP contribution in [0.5, 0.6) is 5.75 Å². The molecule has 4 aromatic rings. The summed E-state index contributed by atoms with van der Waals surface area (Å²) in [5.74, 6) is -0.0752. The van der Waals surface area contributed by atoms with E-state index < -0.39 is 0 Å². The van der Waals surface area contributed by atoms with E-state index in [1.807, 2.05) is 36.4 Å². The fraction of sp³-hybridized carbons (Fsp3) is 0.0800. The Bertz CT molecular complexity index is 1220. The molecule has 1 aliphatic heterocycles. The molecule has 0 aromatic heterocycles. The number of benzene rings is 4. The van der Waals surface area contributed by atoms with Crippen molar-refractivity contribution in [2.45, 2.75) is 6.17 Å². The van der Waals surface area contributed by atoms with Gasteiger partial charge >= 0.3 is 0 Å². The molecular formula is C25H20FN3O2. The van der Waals surface area contributed by atoms with Crippen molar-refractivity contribution < 1.29 is 13.9 Å². The molecule has 0 aliphatic carbocycles. The zero-order valence-corrected chi connectivity index (χ0v) is 16.6. The number of carbonyl (C=O) groups excluding carboxylic acids is 1. The van der Waals surface area contributed by atoms with Gasteiger partial charge in [-0.2, -0.15) is 0 Å². The van der Waals surface area contributed by atoms with Crippen molar-refractivity contribution in [1.82, 2.24) is 0 Å². The van der Waals surface area contributed by atoms with E-state index in [1.54, 1.807) is 0 Å². The van der Waals surface area contributed by atoms with Crippen LogP contribution in [-0.4, -0.2) is 12.5 Å². The lowest BCUT2D eigenvalue weighted by molar-refractivity contribution is -0.118. The largest absolute Gasteiger partial charge is 0.484 e. The van der Waals surface area contributed by atoms with Crippen molar-refractivity contribution >= 4 is 33.7 Å². The van der Waals surface area contributed by atoms with Crippen LogP contribution in [0.15, 0.2) is 84.9 Å². The maximum Gasteiger partial charge on any atom is 0.262 e. The monoisotopic (exact) mass is 413 g/mol. The third-order valence-corrected chi connectivity index (χ3v) is 5.19. The molecule has 1 heterocycles. The molecule has 0 bridgehead atoms. The van der Waals surface area contributed by atoms with Crippen molar-refractivity contribution in [1.29, 1.82) is 0 Å². The minimum Gasteiger partial charge on any atom is -0.484 e. The Morgan fingerprint density at radius 3 is 2.29 bits per heavy atom. The lowest BCUT2D eigenvalue weighted by atomic mass is 10.0. The van der Waals surface area contributed by atoms with Crippen LogP contribution >= 0.6 is 0 Å². The number of carbonyl (C=O) groups is 1. The van der Waals surface area contributed by atoms with Gasteiger partial charge in [-0.3, -0.25) is 4.79 Å². The van der Waals surface area contributed by atoms with Crippen molar-refractivity contribution in [3.63, 3.8) is 0 Å². The Morgan fingerprint density at radius 2 is 1.58 bits per heavy atom. The van der Waals surface area contributed by atoms with Crippen LogP contribution in [0.1, 0.15) is 11.7 Å². The van der Waals surface area contributed by atoms with Crippen molar-refractivity contribution in [3.05, 3.63) is 96.3 Å². The van der Waals surface area contributed by atoms with E-state index in [4.69, 9.17) is 4.74 Å². The standard InChI is InChI=1S/C25H20FN3O2/c26-18-10-12-19(13-11-18)27-23(30)15-31-20-7-1-6-17(14-20)25-28-21-8-2-4-16-5-3-9-22(29-25)24(16)21/h1-14,25,28-29H,15H2,(H,27,30). The molecule has 4 aromatic carbocycles. The summed E-state index contributed by atoms with van der Waals surface area (Å²) in [6, 6.07) is 25.6. The summed E-state index contributed by atoms with van der Waals surface area (Å²) < 4.78 is 18.7. The molecule has 31 heavy (non-hydrogen) atoms. The lowest BCUT2D eigenvalue weighted by Crippen LogP contribution is -2.24. The summed E-state index contributed by atoms with van der Waals surface area (Å²) in [6.07, 6.45) is -0.128. The molecule has 154 valence electrons. The third kappa shape index (κ3) is 4.00. The van der Waals surface area contributed by atoms with Crippen LogP contribution < -0.4 is 20.7 Å². The van der Waals surface area contributed by atoms with E-state index in [0.717, 1.165) is 16.9 Å². The molecule has 1 aliphatic rings. The van der Waals surface area contributed by atoms with Gasteiger partial charge in [0.2, 0.25) is 0 Å². The molecule has 0 unspecified atom stereocenters. The lowest BCUT2D eigenvalue weighted by Gasteiger charge is -2.30. The van der Waals surface area contributed by atoms with Gasteiger partial charge in [0.1, 0.15) is 17.7 Å². The van der Waals surface area contributed by atoms with E-state index >= 15 is 0 Å². The van der Waals surface area contributed by atoms with Crippen LogP contribution in [0.4, 0.5) is 21.5 Å². The molecule has 0 radical (unpaired) electrons. The van der Waals surface area contributed by atoms with Gasteiger partial charge in [0, 0.05) is 22.4 Å². The van der Waals surface area contributed by atoms with Crippen LogP contribution in [0, 0.1) is 5.82 Å². The molecule has 0 spiro atoms. The molecule has 3 N–H and O–H groups in total. The van der Waals surface area contributed by atoms with Gasteiger partial charge in [0.15, 0.2) is 6.61 Å². The van der Waals surface area contributed by atoms with Gasteiger partial charge in [-0.25, -0.2) is 4.39 Å². The molecule has 5 rings (SSSR count). The van der Waals surface area contributed by atoms with E-state index in [9.17, 15) is 9.18 Å². The summed E-state index contributed by atoms with van der Waals surface area (Å²) in [7, 11) is 0. The van der Waals surface area contributed by atoms with Gasteiger partial charge in [0.05, 0.1) is 0 Å². The van der Waals surface area contributed by atoms with Crippen LogP contribution in [-0.2, 0) is 4.79 Å². The highest BCUT2D eigenvalue weighted by Gasteiger charge is 2.20. The number of ether oxygens (including phenoxy) is 1. The van der Waals surface area contributed by atoms with Crippen LogP contribution in [0.3, 0.4) is 0 Å². The van der Waals surface area contributed by atoms with Crippen LogP contribution in [0.25, 0.3) is 10.8 Å². The highest BCUT2D eigenvalue weighted by Crippen LogP contribution is 2.38. The number of halogens is 1. The first-order valence-electron chi connectivity index (χ1n) is 9.99. The number of rotatable bonds is 5. The van der Waals surface area contributed by atoms with Crippen molar-refractivity contribution in [3.8, 4) is 5.75 Å². The van der Waals surface area contributed by atoms with Crippen molar-refractivity contribution in [2.75, 3.05) is 22.6 Å². The number of amides is 1. The molecule has 5 nitrogen and oxygen atoms in total. The Hall–Kier alpha value is -4.06. The molecule has 0 atom stereocenters. The van der Waals surface area contributed by atoms with Crippen LogP contribution in [0.2, 0.25) is 0 Å². The first-order chi connectivity index (χ1) is 15.2. The SMILES string of the molecule is O=C(COc1cccc(C2Nc3cccc4cccc(c34)N2)c1)Nc1ccc(F)cc1. The molecule has 0 saturated heterocycles. The maximum absolute atomic E-state index is 13.0. The van der Waals surface area contributed by atoms with Gasteiger partial charge in [-0.05, 0) is 59.5 Å². The summed E-state index contributed by atoms with van der Waals surface area (Å²) >= 11 is 0. The number of hydrogen-bond donors (Lipinski definition) is 3. The minimum atomic E-state index is -0.352. The summed E-state index contributed by atoms with van der Waals surface area (Å²) in [5.41, 5.74) is 3.65. The van der Waals surface area contributed by atoms with Gasteiger partial charge in [-0.1, -0.05) is 36.4 Å². The Balaban J connectivity index is 1.27. The average Bonchev–Trinajstić information content (AvgIpc) is 2.80. The second-order valence-electron chi connectivity index (χ2n) is 7.35. The van der Waals surface area contributed by atoms with E-state index in [-0.39, 0.29) is 24.5 Å². The quantitative estimate of drug-likeness (QED) is 0.402. The zero-order valence-electron chi connectivity index (χ0n) is 16.6. The molecule has 6 heteroatoms. The first kappa shape index (κ1) is 18.9. The minimum absolute atomic E-state index is 0.128. The number of nitrogens with one attached hydrogen (secondary N) is 3. The van der Waals surface area contributed by atoms with Gasteiger partial charge in [0.25, 0.3) is 5.91 Å². The second kappa shape index (κ2) is 7.99. The fourth-order valence-electron chi connectivity index (χ4n) is 3.76. The highest BCUT2D eigenvalue weighted by molar-refractivity contribution is 6.04. The predicted octanol–water partition coefficient (Wildman–Crippen LogP) is 5.53. The first-order valence-corrected chi connectivity index (χ1v) is 9.99. The Kier molecular flexibility index (Phi) is 4.88. The summed E-state index contributed by atoms with van der Waals surface area (Å²) in [5, 5.41) is 12.1. The second-order valence-corrected chi connectivity index (χ2v) is 7.35. The van der Waals surface area contributed by atoms with Crippen molar-refractivity contribution in [2.24, 2.45) is 0 Å².